The molecular weight excluding hydrogens is 2950 g/mol. The first-order chi connectivity index (χ1) is 7.93. The van der Waals surface area contributed by atoms with Crippen LogP contribution in [0.5, 0.6) is 0 Å². The van der Waals surface area contributed by atoms with Gasteiger partial charge in [0.2, 0.25) is 0 Å². The Morgan fingerprint density at radius 2 is 0.553 bits per heavy atom. The first kappa shape index (κ1) is 192. The van der Waals surface area contributed by atoms with Crippen molar-refractivity contribution in [2.75, 3.05) is 0 Å². The maximum Gasteiger partial charge on any atom is 0 e. The average Bonchev–Trinajstić information content (AvgIpc) is 2.39. The molecule has 0 fully saturated rings. The van der Waals surface area contributed by atoms with Gasteiger partial charge in [-0.25, -0.2) is 5.56 Å². The first-order valence-electron chi connectivity index (χ1n) is 5.32. The van der Waals surface area contributed by atoms with Crippen LogP contribution in [0.2, 0.25) is 0 Å². The summed E-state index contributed by atoms with van der Waals surface area (Å²) in [6.07, 6.45) is 0. The van der Waals surface area contributed by atoms with E-state index in [4.69, 9.17) is 0 Å². The minimum Gasteiger partial charge on any atom is -0.209 e. The molecule has 169 valence electrons. The molecule has 0 unspecified atom stereocenters. The number of rotatable bonds is 1. The zero-order chi connectivity index (χ0) is 10.8. The number of benzene rings is 3. The molecule has 0 spiro atoms. The van der Waals surface area contributed by atoms with Crippen molar-refractivity contribution in [3.63, 3.8) is 0 Å². The summed E-state index contributed by atoms with van der Waals surface area (Å²) in [6, 6.07) is 27.1. The number of hydrogen-bond acceptors (Lipinski definition) is 0. The molecule has 0 aliphatic carbocycles. The van der Waals surface area contributed by atoms with Crippen molar-refractivity contribution in [1.29, 1.82) is 0 Å². The van der Waals surface area contributed by atoms with Crippen LogP contribution in [0.1, 0.15) is 0 Å². The van der Waals surface area contributed by atoms with Crippen LogP contribution >= 0.6 is 0 Å². The van der Waals surface area contributed by atoms with Crippen molar-refractivity contribution >= 4 is 10.8 Å². The van der Waals surface area contributed by atoms with Crippen LogP contribution in [0.25, 0.3) is 21.9 Å². The first-order valence-corrected chi connectivity index (χ1v) is 5.32. The monoisotopic (exact) mass is 2960 g/mol. The summed E-state index contributed by atoms with van der Waals surface area (Å²) in [5.41, 5.74) is 2.19. The molecule has 31 radical (unpaired) electrons. The van der Waals surface area contributed by atoms with Gasteiger partial charge in [-0.2, -0.15) is 42.0 Å². The van der Waals surface area contributed by atoms with Gasteiger partial charge in [0, 0.05) is 1010 Å². The molecule has 0 N–H and O–H groups in total. The smallest absolute Gasteiger partial charge is 0 e. The van der Waals surface area contributed by atoms with Gasteiger partial charge in [-0.1, -0.05) is 23.6 Å². The van der Waals surface area contributed by atoms with Crippen LogP contribution in [0.3, 0.4) is 0 Å². The topological polar surface area (TPSA) is 0 Å². The minimum atomic E-state index is 0. The van der Waals surface area contributed by atoms with Crippen molar-refractivity contribution < 1.29 is 1010 Å². The van der Waals surface area contributed by atoms with Gasteiger partial charge in [0.15, 0.2) is 0 Å². The molecule has 0 bridgehead atoms. The second-order valence-electron chi connectivity index (χ2n) is 3.74. The second-order valence-corrected chi connectivity index (χ2v) is 3.74. The van der Waals surface area contributed by atoms with Crippen molar-refractivity contribution in [1.82, 2.24) is 0 Å². The summed E-state index contributed by atoms with van der Waals surface area (Å²) in [4.78, 5) is 0. The number of hydrogen-bond donors (Lipinski definition) is 0. The van der Waals surface area contributed by atoms with Gasteiger partial charge in [0.05, 0.1) is 0 Å². The number of fused-ring (bicyclic) bond motifs is 1. The fourth-order valence-corrected chi connectivity index (χ4v) is 1.83. The quantitative estimate of drug-likeness (QED) is 0.324. The van der Waals surface area contributed by atoms with Crippen LogP contribution in [-0.4, -0.2) is 0 Å². The molecule has 0 aromatic heterocycles. The molecule has 0 saturated carbocycles. The fourth-order valence-electron chi connectivity index (χ4n) is 1.83. The van der Waals surface area contributed by atoms with Gasteiger partial charge < -0.3 is 0 Å². The van der Waals surface area contributed by atoms with Gasteiger partial charge in [-0.3, -0.25) is 0 Å². The van der Waals surface area contributed by atoms with Gasteiger partial charge in [-0.05, 0) is 0 Å². The fraction of sp³-hybridized carbons (Fsp3) is 0. The van der Waals surface area contributed by atoms with Crippen LogP contribution in [0, 0.1) is 12.1 Å². The molecule has 47 heavy (non-hydrogen) atoms. The summed E-state index contributed by atoms with van der Waals surface area (Å²) in [6.45, 7) is 0. The van der Waals surface area contributed by atoms with E-state index in [9.17, 15) is 0 Å². The Morgan fingerprint density at radius 1 is 0.255 bits per heavy atom. The predicted molar refractivity (Wildman–Crippen MR) is 67.1 cm³/mol. The van der Waals surface area contributed by atoms with E-state index in [1.165, 1.54) is 5.39 Å². The summed E-state index contributed by atoms with van der Waals surface area (Å²) in [5.74, 6) is 0. The van der Waals surface area contributed by atoms with Gasteiger partial charge in [0.1, 0.15) is 0 Å². The predicted octanol–water partition coefficient (Wildman–Crippen LogP) is 4.03. The zero-order valence-corrected chi connectivity index (χ0v) is 115. The van der Waals surface area contributed by atoms with E-state index in [2.05, 4.69) is 42.5 Å². The normalized spacial score (nSPS) is 3.57. The molecule has 0 saturated heterocycles. The molecular formula is C16H10Y31-2. The summed E-state index contributed by atoms with van der Waals surface area (Å²) >= 11 is 0. The van der Waals surface area contributed by atoms with E-state index in [-0.39, 0.29) is 1010 Å². The van der Waals surface area contributed by atoms with Crippen LogP contribution in [0.4, 0.5) is 0 Å². The third kappa shape index (κ3) is 110. The van der Waals surface area contributed by atoms with Crippen molar-refractivity contribution in [3.05, 3.63) is 72.8 Å². The van der Waals surface area contributed by atoms with Crippen molar-refractivity contribution in [2.24, 2.45) is 0 Å². The Balaban J connectivity index is -0.00000000387. The molecule has 3 rings (SSSR count). The third-order valence-corrected chi connectivity index (χ3v) is 2.66. The molecule has 0 nitrogen and oxygen atoms in total. The van der Waals surface area contributed by atoms with Crippen molar-refractivity contribution in [2.45, 2.75) is 0 Å². The molecule has 0 atom stereocenters. The van der Waals surface area contributed by atoms with E-state index in [0.29, 0.717) is 0 Å². The molecule has 3 aromatic carbocycles. The van der Waals surface area contributed by atoms with E-state index in [1.54, 1.807) is 0 Å². The van der Waals surface area contributed by atoms with Gasteiger partial charge >= 0.3 is 0 Å². The van der Waals surface area contributed by atoms with Gasteiger partial charge in [-0.15, -0.1) is 23.6 Å². The summed E-state index contributed by atoms with van der Waals surface area (Å²) in [5, 5.41) is 2.37. The van der Waals surface area contributed by atoms with E-state index in [0.717, 1.165) is 16.5 Å². The maximum absolute atomic E-state index is 3.41. The summed E-state index contributed by atoms with van der Waals surface area (Å²) in [7, 11) is 0. The van der Waals surface area contributed by atoms with Crippen LogP contribution < -0.4 is 0 Å². The molecule has 0 heterocycles. The maximum atomic E-state index is 3.41. The minimum absolute atomic E-state index is 0. The van der Waals surface area contributed by atoms with E-state index in [1.807, 2.05) is 30.3 Å². The van der Waals surface area contributed by atoms with E-state index >= 15 is 0 Å². The van der Waals surface area contributed by atoms with E-state index < -0.39 is 0 Å². The third-order valence-electron chi connectivity index (χ3n) is 2.66. The Bertz CT molecular complexity index is 653. The Morgan fingerprint density at radius 3 is 0.851 bits per heavy atom. The van der Waals surface area contributed by atoms with Gasteiger partial charge in [0.25, 0.3) is 0 Å². The SMILES string of the molecule is [Y].[Y].[Y].[Y].[Y].[Y].[Y].[Y].[Y].[Y].[Y].[Y].[Y].[Y].[Y].[Y].[Y].[Y].[Y].[Y].[Y].[Y].[Y].[Y].[Y].[Y].[Y].[Y].[Y].[Y].[Y].[c-]1ccccc1-c1[c-]c2ccccc2cc1. The van der Waals surface area contributed by atoms with Crippen molar-refractivity contribution in [3.8, 4) is 11.1 Å². The zero-order valence-electron chi connectivity index (χ0n) is 26.7. The molecule has 3 aromatic rings. The molecule has 0 aliphatic rings. The standard InChI is InChI=1S/C16H10.31Y/c1-2-6-13(7-3-1)16-11-10-14-8-4-5-9-15(14)12-16;;;;;;;;;;;;;;;;;;;;;;;;;;;;;;;/h1-6,8-11H;;;;;;;;;;;;;;;;;;;;;;;;;;;;;;;/q-2;;;;;;;;;;;;;;;;;;;;;;;;;;;;;;;. The molecule has 31 heteroatoms. The Kier molecular flexibility index (Phi) is 603. The Labute approximate surface area is 1070 Å². The Hall–Kier alpha value is 32.1. The summed E-state index contributed by atoms with van der Waals surface area (Å²) < 4.78 is 0. The molecule has 0 aliphatic heterocycles. The van der Waals surface area contributed by atoms with Crippen LogP contribution in [0.15, 0.2) is 60.7 Å². The molecule has 0 amide bonds. The second kappa shape index (κ2) is 148. The van der Waals surface area contributed by atoms with Crippen LogP contribution in [-0.2, 0) is 1010 Å². The average molecular weight is 2960 g/mol. The largest absolute Gasteiger partial charge is 0.209 e.